The summed E-state index contributed by atoms with van der Waals surface area (Å²) in [6.07, 6.45) is 8.64. The van der Waals surface area contributed by atoms with Crippen LogP contribution in [0.4, 0.5) is 0 Å². The standard InChI is InChI=1S/C12H17N3OS/c13-10(16)12(5-2-1-3-6-12)9-17-11-14-7-4-8-15-11/h4,7-8H,1-3,5-6,9H2,(H2,13,16). The molecule has 1 aliphatic carbocycles. The van der Waals surface area contributed by atoms with Crippen LogP contribution in [0.15, 0.2) is 23.6 Å². The first-order valence-electron chi connectivity index (χ1n) is 5.93. The van der Waals surface area contributed by atoms with E-state index in [0.29, 0.717) is 5.75 Å². The Balaban J connectivity index is 2.01. The van der Waals surface area contributed by atoms with E-state index in [1.54, 1.807) is 18.5 Å². The summed E-state index contributed by atoms with van der Waals surface area (Å²) < 4.78 is 0. The maximum Gasteiger partial charge on any atom is 0.224 e. The molecule has 0 unspecified atom stereocenters. The van der Waals surface area contributed by atoms with Crippen LogP contribution in [0.2, 0.25) is 0 Å². The molecular formula is C12H17N3OS. The van der Waals surface area contributed by atoms with E-state index in [4.69, 9.17) is 5.73 Å². The van der Waals surface area contributed by atoms with Crippen molar-refractivity contribution >= 4 is 17.7 Å². The van der Waals surface area contributed by atoms with Crippen molar-refractivity contribution < 1.29 is 4.79 Å². The van der Waals surface area contributed by atoms with Gasteiger partial charge < -0.3 is 5.73 Å². The fraction of sp³-hybridized carbons (Fsp3) is 0.583. The van der Waals surface area contributed by atoms with Crippen LogP contribution in [-0.2, 0) is 4.79 Å². The maximum atomic E-state index is 11.7. The Morgan fingerprint density at radius 3 is 2.53 bits per heavy atom. The Labute approximate surface area is 105 Å². The van der Waals surface area contributed by atoms with Gasteiger partial charge in [0.05, 0.1) is 5.41 Å². The zero-order valence-electron chi connectivity index (χ0n) is 9.76. The van der Waals surface area contributed by atoms with Crippen LogP contribution in [0.25, 0.3) is 0 Å². The van der Waals surface area contributed by atoms with Crippen molar-refractivity contribution in [2.45, 2.75) is 37.3 Å². The lowest BCUT2D eigenvalue weighted by molar-refractivity contribution is -0.128. The molecule has 0 atom stereocenters. The van der Waals surface area contributed by atoms with E-state index in [1.165, 1.54) is 18.2 Å². The fourth-order valence-corrected chi connectivity index (χ4v) is 3.36. The first-order chi connectivity index (χ1) is 8.23. The van der Waals surface area contributed by atoms with Crippen molar-refractivity contribution in [3.63, 3.8) is 0 Å². The summed E-state index contributed by atoms with van der Waals surface area (Å²) in [6.45, 7) is 0. The van der Waals surface area contributed by atoms with Gasteiger partial charge in [0.15, 0.2) is 5.16 Å². The number of aromatic nitrogens is 2. The highest BCUT2D eigenvalue weighted by Crippen LogP contribution is 2.39. The van der Waals surface area contributed by atoms with Crippen LogP contribution in [0.1, 0.15) is 32.1 Å². The number of nitrogens with zero attached hydrogens (tertiary/aromatic N) is 2. The Bertz CT molecular complexity index is 377. The van der Waals surface area contributed by atoms with Gasteiger partial charge in [0.1, 0.15) is 0 Å². The molecule has 0 bridgehead atoms. The maximum absolute atomic E-state index is 11.7. The SMILES string of the molecule is NC(=O)C1(CSc2ncccn2)CCCCC1. The lowest BCUT2D eigenvalue weighted by Crippen LogP contribution is -2.40. The Morgan fingerprint density at radius 1 is 1.29 bits per heavy atom. The number of amides is 1. The number of rotatable bonds is 4. The van der Waals surface area contributed by atoms with Crippen molar-refractivity contribution in [1.82, 2.24) is 9.97 Å². The van der Waals surface area contributed by atoms with Crippen molar-refractivity contribution in [2.24, 2.45) is 11.1 Å². The lowest BCUT2D eigenvalue weighted by Gasteiger charge is -2.33. The molecule has 0 spiro atoms. The average Bonchev–Trinajstić information content (AvgIpc) is 2.38. The first-order valence-corrected chi connectivity index (χ1v) is 6.91. The molecular weight excluding hydrogens is 234 g/mol. The monoisotopic (exact) mass is 251 g/mol. The molecule has 5 heteroatoms. The van der Waals surface area contributed by atoms with E-state index < -0.39 is 0 Å². The highest BCUT2D eigenvalue weighted by Gasteiger charge is 2.37. The zero-order chi connectivity index (χ0) is 12.1. The largest absolute Gasteiger partial charge is 0.369 e. The molecule has 1 heterocycles. The van der Waals surface area contributed by atoms with E-state index in [0.717, 1.165) is 30.8 Å². The number of hydrogen-bond donors (Lipinski definition) is 1. The van der Waals surface area contributed by atoms with Gasteiger partial charge >= 0.3 is 0 Å². The van der Waals surface area contributed by atoms with Gasteiger partial charge in [-0.15, -0.1) is 0 Å². The molecule has 1 saturated carbocycles. The molecule has 1 fully saturated rings. The minimum atomic E-state index is -0.345. The molecule has 1 amide bonds. The number of nitrogens with two attached hydrogens (primary N) is 1. The van der Waals surface area contributed by atoms with Crippen molar-refractivity contribution in [2.75, 3.05) is 5.75 Å². The average molecular weight is 251 g/mol. The smallest absolute Gasteiger partial charge is 0.224 e. The molecule has 17 heavy (non-hydrogen) atoms. The molecule has 92 valence electrons. The molecule has 1 aliphatic rings. The molecule has 0 aliphatic heterocycles. The first kappa shape index (κ1) is 12.4. The summed E-state index contributed by atoms with van der Waals surface area (Å²) in [4.78, 5) is 20.0. The van der Waals surface area contributed by atoms with Gasteiger partial charge in [-0.3, -0.25) is 4.79 Å². The Hall–Kier alpha value is -1.10. The van der Waals surface area contributed by atoms with Gasteiger partial charge in [-0.05, 0) is 18.9 Å². The summed E-state index contributed by atoms with van der Waals surface area (Å²) in [5, 5.41) is 0.721. The molecule has 0 aromatic carbocycles. The van der Waals surface area contributed by atoms with Crippen molar-refractivity contribution in [3.05, 3.63) is 18.5 Å². The van der Waals surface area contributed by atoms with Crippen LogP contribution in [-0.4, -0.2) is 21.6 Å². The quantitative estimate of drug-likeness (QED) is 0.656. The minimum Gasteiger partial charge on any atom is -0.369 e. The van der Waals surface area contributed by atoms with Gasteiger partial charge in [-0.25, -0.2) is 9.97 Å². The minimum absolute atomic E-state index is 0.166. The van der Waals surface area contributed by atoms with E-state index in [2.05, 4.69) is 9.97 Å². The van der Waals surface area contributed by atoms with Gasteiger partial charge in [0.25, 0.3) is 0 Å². The second-order valence-electron chi connectivity index (χ2n) is 4.53. The zero-order valence-corrected chi connectivity index (χ0v) is 10.6. The molecule has 0 saturated heterocycles. The highest BCUT2D eigenvalue weighted by atomic mass is 32.2. The third-order valence-corrected chi connectivity index (χ3v) is 4.52. The number of carbonyl (C=O) groups is 1. The highest BCUT2D eigenvalue weighted by molar-refractivity contribution is 7.99. The van der Waals surface area contributed by atoms with Gasteiger partial charge in [-0.1, -0.05) is 31.0 Å². The Kier molecular flexibility index (Phi) is 3.99. The lowest BCUT2D eigenvalue weighted by atomic mass is 9.75. The van der Waals surface area contributed by atoms with Crippen molar-refractivity contribution in [1.29, 1.82) is 0 Å². The third kappa shape index (κ3) is 2.97. The van der Waals surface area contributed by atoms with Crippen molar-refractivity contribution in [3.8, 4) is 0 Å². The molecule has 2 N–H and O–H groups in total. The second-order valence-corrected chi connectivity index (χ2v) is 5.47. The van der Waals surface area contributed by atoms with Gasteiger partial charge in [-0.2, -0.15) is 0 Å². The van der Waals surface area contributed by atoms with Gasteiger partial charge in [0, 0.05) is 18.1 Å². The summed E-state index contributed by atoms with van der Waals surface area (Å²) in [7, 11) is 0. The van der Waals surface area contributed by atoms with Crippen LogP contribution >= 0.6 is 11.8 Å². The predicted octanol–water partition coefficient (Wildman–Crippen LogP) is 2.00. The second kappa shape index (κ2) is 5.49. The summed E-state index contributed by atoms with van der Waals surface area (Å²) in [5.41, 5.74) is 5.23. The van der Waals surface area contributed by atoms with E-state index in [9.17, 15) is 4.79 Å². The van der Waals surface area contributed by atoms with Crippen LogP contribution in [0.3, 0.4) is 0 Å². The molecule has 1 aromatic rings. The molecule has 0 radical (unpaired) electrons. The normalized spacial score (nSPS) is 18.8. The molecule has 2 rings (SSSR count). The number of hydrogen-bond acceptors (Lipinski definition) is 4. The molecule has 1 aromatic heterocycles. The van der Waals surface area contributed by atoms with Crippen LogP contribution in [0.5, 0.6) is 0 Å². The number of thioether (sulfide) groups is 1. The third-order valence-electron chi connectivity index (χ3n) is 3.35. The topological polar surface area (TPSA) is 68.9 Å². The van der Waals surface area contributed by atoms with E-state index >= 15 is 0 Å². The fourth-order valence-electron chi connectivity index (χ4n) is 2.25. The summed E-state index contributed by atoms with van der Waals surface area (Å²) in [5.74, 6) is 0.535. The Morgan fingerprint density at radius 2 is 1.94 bits per heavy atom. The van der Waals surface area contributed by atoms with E-state index in [-0.39, 0.29) is 11.3 Å². The molecule has 4 nitrogen and oxygen atoms in total. The summed E-state index contributed by atoms with van der Waals surface area (Å²) in [6, 6.07) is 1.79. The number of primary amides is 1. The van der Waals surface area contributed by atoms with E-state index in [1.807, 2.05) is 0 Å². The van der Waals surface area contributed by atoms with Crippen LogP contribution in [0, 0.1) is 5.41 Å². The van der Waals surface area contributed by atoms with Crippen LogP contribution < -0.4 is 5.73 Å². The summed E-state index contributed by atoms with van der Waals surface area (Å²) >= 11 is 1.53. The predicted molar refractivity (Wildman–Crippen MR) is 67.5 cm³/mol. The number of carbonyl (C=O) groups excluding carboxylic acids is 1. The van der Waals surface area contributed by atoms with Gasteiger partial charge in [0.2, 0.25) is 5.91 Å².